The van der Waals surface area contributed by atoms with Gasteiger partial charge in [0.15, 0.2) is 0 Å². The Morgan fingerprint density at radius 3 is 3.00 bits per heavy atom. The van der Waals surface area contributed by atoms with E-state index in [4.69, 9.17) is 0 Å². The van der Waals surface area contributed by atoms with Crippen LogP contribution in [0.15, 0.2) is 42.7 Å². The lowest BCUT2D eigenvalue weighted by Gasteiger charge is -2.15. The van der Waals surface area contributed by atoms with Crippen LogP contribution in [0, 0.1) is 5.82 Å². The van der Waals surface area contributed by atoms with E-state index in [0.29, 0.717) is 30.2 Å². The average molecular weight is 315 g/mol. The number of hydrogen-bond donors (Lipinski definition) is 2. The molecule has 0 radical (unpaired) electrons. The van der Waals surface area contributed by atoms with Gasteiger partial charge in [0.05, 0.1) is 23.6 Å². The molecule has 1 saturated heterocycles. The lowest BCUT2D eigenvalue weighted by molar-refractivity contribution is 0.342. The quantitative estimate of drug-likeness (QED) is 0.778. The molecule has 0 aromatic carbocycles. The minimum Gasteiger partial charge on any atom is -0.363 e. The Morgan fingerprint density at radius 1 is 1.26 bits per heavy atom. The Kier molecular flexibility index (Phi) is 3.42. The van der Waals surface area contributed by atoms with Gasteiger partial charge in [-0.1, -0.05) is 6.07 Å². The van der Waals surface area contributed by atoms with Crippen molar-refractivity contribution in [3.8, 4) is 11.4 Å². The van der Waals surface area contributed by atoms with Crippen molar-refractivity contribution in [3.63, 3.8) is 0 Å². The van der Waals surface area contributed by atoms with Crippen molar-refractivity contribution >= 4 is 11.5 Å². The summed E-state index contributed by atoms with van der Waals surface area (Å²) in [6.45, 7) is 0.929. The summed E-state index contributed by atoms with van der Waals surface area (Å²) in [5.74, 6) is 0.275. The molecule has 0 bridgehead atoms. The van der Waals surface area contributed by atoms with Crippen LogP contribution in [0.25, 0.3) is 17.0 Å². The summed E-state index contributed by atoms with van der Waals surface area (Å²) in [5.41, 5.74) is 1.96. The molecule has 2 unspecified atom stereocenters. The maximum absolute atomic E-state index is 13.7. The van der Waals surface area contributed by atoms with Gasteiger partial charge in [-0.3, -0.25) is 4.40 Å². The van der Waals surface area contributed by atoms with Crippen molar-refractivity contribution in [1.29, 1.82) is 0 Å². The standard InChI is InChI=1S/C16H15F2N5/c17-10-4-5-23-14(9-20-16(23)6-10)12-2-1-3-15(21-12)22-13-8-19-7-11(13)18/h1-6,9,11,13,19H,7-8H2,(H,21,22). The van der Waals surface area contributed by atoms with Gasteiger partial charge in [-0.15, -0.1) is 0 Å². The van der Waals surface area contributed by atoms with E-state index in [1.165, 1.54) is 12.1 Å². The van der Waals surface area contributed by atoms with Crippen molar-refractivity contribution in [2.24, 2.45) is 0 Å². The van der Waals surface area contributed by atoms with E-state index in [2.05, 4.69) is 20.6 Å². The Bertz CT molecular complexity index is 847. The Hall–Kier alpha value is -2.54. The van der Waals surface area contributed by atoms with Crippen LogP contribution in [0.3, 0.4) is 0 Å². The zero-order chi connectivity index (χ0) is 15.8. The molecule has 1 aliphatic heterocycles. The second-order valence-corrected chi connectivity index (χ2v) is 5.55. The Labute approximate surface area is 131 Å². The van der Waals surface area contributed by atoms with Gasteiger partial charge < -0.3 is 10.6 Å². The zero-order valence-corrected chi connectivity index (χ0v) is 12.2. The monoisotopic (exact) mass is 315 g/mol. The Balaban J connectivity index is 1.67. The van der Waals surface area contributed by atoms with E-state index in [0.717, 1.165) is 5.69 Å². The highest BCUT2D eigenvalue weighted by molar-refractivity contribution is 5.62. The highest BCUT2D eigenvalue weighted by Crippen LogP contribution is 2.21. The molecule has 7 heteroatoms. The van der Waals surface area contributed by atoms with E-state index < -0.39 is 6.17 Å². The molecule has 4 rings (SSSR count). The molecule has 3 aromatic rings. The van der Waals surface area contributed by atoms with Crippen molar-refractivity contribution in [1.82, 2.24) is 19.7 Å². The molecule has 2 atom stereocenters. The fourth-order valence-corrected chi connectivity index (χ4v) is 2.78. The molecule has 1 aliphatic rings. The number of hydrogen-bond acceptors (Lipinski definition) is 4. The first kappa shape index (κ1) is 14.1. The summed E-state index contributed by atoms with van der Waals surface area (Å²) in [4.78, 5) is 8.72. The molecule has 5 nitrogen and oxygen atoms in total. The van der Waals surface area contributed by atoms with Crippen LogP contribution in [-0.4, -0.2) is 39.7 Å². The van der Waals surface area contributed by atoms with E-state index in [1.807, 2.05) is 12.1 Å². The van der Waals surface area contributed by atoms with Crippen LogP contribution >= 0.6 is 0 Å². The predicted octanol–water partition coefficient (Wildman–Crippen LogP) is 2.26. The number of anilines is 1. The van der Waals surface area contributed by atoms with E-state index >= 15 is 0 Å². The minimum absolute atomic E-state index is 0.283. The third-order valence-corrected chi connectivity index (χ3v) is 3.96. The van der Waals surface area contributed by atoms with Gasteiger partial charge in [0.25, 0.3) is 0 Å². The fraction of sp³-hybridized carbons (Fsp3) is 0.250. The molecule has 118 valence electrons. The smallest absolute Gasteiger partial charge is 0.140 e. The van der Waals surface area contributed by atoms with Gasteiger partial charge in [-0.2, -0.15) is 0 Å². The number of fused-ring (bicyclic) bond motifs is 1. The summed E-state index contributed by atoms with van der Waals surface area (Å²) in [6, 6.07) is 7.95. The molecule has 1 fully saturated rings. The van der Waals surface area contributed by atoms with E-state index in [-0.39, 0.29) is 11.9 Å². The Morgan fingerprint density at radius 2 is 2.17 bits per heavy atom. The van der Waals surface area contributed by atoms with Crippen LogP contribution in [0.5, 0.6) is 0 Å². The van der Waals surface area contributed by atoms with Gasteiger partial charge in [0, 0.05) is 25.4 Å². The molecule has 0 spiro atoms. The number of alkyl halides is 1. The van der Waals surface area contributed by atoms with Crippen LogP contribution in [0.4, 0.5) is 14.6 Å². The third kappa shape index (κ3) is 2.63. The molecule has 23 heavy (non-hydrogen) atoms. The molecular formula is C16H15F2N5. The third-order valence-electron chi connectivity index (χ3n) is 3.96. The van der Waals surface area contributed by atoms with Crippen molar-refractivity contribution in [2.45, 2.75) is 12.2 Å². The number of rotatable bonds is 3. The summed E-state index contributed by atoms with van der Waals surface area (Å²) in [6.07, 6.45) is 2.34. The van der Waals surface area contributed by atoms with Crippen LogP contribution in [0.1, 0.15) is 0 Å². The van der Waals surface area contributed by atoms with Crippen LogP contribution in [-0.2, 0) is 0 Å². The number of halogens is 2. The lowest BCUT2D eigenvalue weighted by Crippen LogP contribution is -2.29. The molecule has 4 heterocycles. The molecule has 0 aliphatic carbocycles. The molecular weight excluding hydrogens is 300 g/mol. The topological polar surface area (TPSA) is 54.2 Å². The number of imidazole rings is 1. The number of aromatic nitrogens is 3. The van der Waals surface area contributed by atoms with Crippen molar-refractivity contribution < 1.29 is 8.78 Å². The maximum atomic E-state index is 13.7. The first-order chi connectivity index (χ1) is 11.2. The molecule has 2 N–H and O–H groups in total. The van der Waals surface area contributed by atoms with Gasteiger partial charge in [-0.25, -0.2) is 18.7 Å². The SMILES string of the molecule is Fc1ccn2c(-c3cccc(NC4CNCC4F)n3)cnc2c1. The first-order valence-corrected chi connectivity index (χ1v) is 7.42. The average Bonchev–Trinajstić information content (AvgIpc) is 3.14. The van der Waals surface area contributed by atoms with Crippen LogP contribution < -0.4 is 10.6 Å². The van der Waals surface area contributed by atoms with Crippen molar-refractivity contribution in [3.05, 3.63) is 48.5 Å². The highest BCUT2D eigenvalue weighted by atomic mass is 19.1. The highest BCUT2D eigenvalue weighted by Gasteiger charge is 2.26. The summed E-state index contributed by atoms with van der Waals surface area (Å²) in [7, 11) is 0. The summed E-state index contributed by atoms with van der Waals surface area (Å²) < 4.78 is 28.7. The second-order valence-electron chi connectivity index (χ2n) is 5.55. The number of nitrogens with zero attached hydrogens (tertiary/aromatic N) is 3. The molecule has 3 aromatic heterocycles. The molecule has 0 amide bonds. The van der Waals surface area contributed by atoms with E-state index in [1.54, 1.807) is 22.9 Å². The van der Waals surface area contributed by atoms with Gasteiger partial charge in [-0.05, 0) is 18.2 Å². The summed E-state index contributed by atoms with van der Waals surface area (Å²) in [5, 5.41) is 6.11. The number of pyridine rings is 2. The molecule has 0 saturated carbocycles. The van der Waals surface area contributed by atoms with Crippen LogP contribution in [0.2, 0.25) is 0 Å². The lowest BCUT2D eigenvalue weighted by atomic mass is 10.2. The largest absolute Gasteiger partial charge is 0.363 e. The normalized spacial score (nSPS) is 21.0. The van der Waals surface area contributed by atoms with Gasteiger partial charge >= 0.3 is 0 Å². The first-order valence-electron chi connectivity index (χ1n) is 7.42. The van der Waals surface area contributed by atoms with Crippen molar-refractivity contribution in [2.75, 3.05) is 18.4 Å². The predicted molar refractivity (Wildman–Crippen MR) is 83.6 cm³/mol. The van der Waals surface area contributed by atoms with Gasteiger partial charge in [0.2, 0.25) is 0 Å². The van der Waals surface area contributed by atoms with E-state index in [9.17, 15) is 8.78 Å². The maximum Gasteiger partial charge on any atom is 0.140 e. The zero-order valence-electron chi connectivity index (χ0n) is 12.2. The fourth-order valence-electron chi connectivity index (χ4n) is 2.78. The minimum atomic E-state index is -0.931. The summed E-state index contributed by atoms with van der Waals surface area (Å²) >= 11 is 0. The number of nitrogens with one attached hydrogen (secondary N) is 2. The van der Waals surface area contributed by atoms with Gasteiger partial charge in [0.1, 0.15) is 23.5 Å². The second kappa shape index (κ2) is 5.58.